The number of benzene rings is 1. The summed E-state index contributed by atoms with van der Waals surface area (Å²) in [6.45, 7) is 0.266. The molecule has 0 unspecified atom stereocenters. The number of nitrogens with one attached hydrogen (secondary N) is 1. The number of fused-ring (bicyclic) bond motifs is 1. The van der Waals surface area contributed by atoms with Gasteiger partial charge in [-0.2, -0.15) is 0 Å². The number of nitrogens with zero attached hydrogens (tertiary/aromatic N) is 1. The van der Waals surface area contributed by atoms with E-state index in [2.05, 4.69) is 5.32 Å². The number of likely N-dealkylation sites (N-methyl/N-ethyl adjacent to an activating group) is 1. The van der Waals surface area contributed by atoms with Crippen molar-refractivity contribution in [2.24, 2.45) is 7.05 Å². The second-order valence-electron chi connectivity index (χ2n) is 3.56. The smallest absolute Gasteiger partial charge is 0.408 e. The summed E-state index contributed by atoms with van der Waals surface area (Å²) in [5.74, 6) is -0.455. The Bertz CT molecular complexity index is 595. The first-order valence-electron chi connectivity index (χ1n) is 4.91. The Morgan fingerprint density at radius 3 is 2.94 bits per heavy atom. The van der Waals surface area contributed by atoms with E-state index in [1.807, 2.05) is 0 Å². The minimum absolute atomic E-state index is 0.0316. The van der Waals surface area contributed by atoms with Crippen LogP contribution in [0.1, 0.15) is 10.4 Å². The van der Waals surface area contributed by atoms with Crippen LogP contribution < -0.4 is 11.1 Å². The molecule has 2 aromatic rings. The van der Waals surface area contributed by atoms with Gasteiger partial charge in [-0.3, -0.25) is 9.36 Å². The molecule has 1 heterocycles. The van der Waals surface area contributed by atoms with Crippen molar-refractivity contribution in [3.63, 3.8) is 0 Å². The monoisotopic (exact) mass is 220 g/mol. The molecule has 0 atom stereocenters. The molecule has 5 heteroatoms. The molecule has 1 aromatic carbocycles. The fraction of sp³-hybridized carbons (Fsp3) is 0.273. The van der Waals surface area contributed by atoms with Crippen molar-refractivity contribution in [3.8, 4) is 0 Å². The Balaban J connectivity index is 2.52. The van der Waals surface area contributed by atoms with Gasteiger partial charge >= 0.3 is 5.76 Å². The quantitative estimate of drug-likeness (QED) is 0.766. The summed E-state index contributed by atoms with van der Waals surface area (Å²) in [7, 11) is 3.34. The van der Waals surface area contributed by atoms with E-state index in [1.54, 1.807) is 32.3 Å². The molecular weight excluding hydrogens is 208 g/mol. The molecule has 5 nitrogen and oxygen atoms in total. The lowest BCUT2D eigenvalue weighted by Crippen LogP contribution is -2.18. The number of oxazole rings is 1. The highest BCUT2D eigenvalue weighted by molar-refractivity contribution is 5.99. The van der Waals surface area contributed by atoms with E-state index in [0.717, 1.165) is 0 Å². The molecule has 0 radical (unpaired) electrons. The molecule has 84 valence electrons. The van der Waals surface area contributed by atoms with Gasteiger partial charge in [0.2, 0.25) is 0 Å². The van der Waals surface area contributed by atoms with Gasteiger partial charge in [-0.1, -0.05) is 0 Å². The third kappa shape index (κ3) is 1.65. The number of rotatable bonds is 3. The first-order valence-corrected chi connectivity index (χ1v) is 4.91. The lowest BCUT2D eigenvalue weighted by molar-refractivity contribution is 0.0993. The summed E-state index contributed by atoms with van der Waals surface area (Å²) < 4.78 is 6.41. The number of carbonyl (C=O) groups is 1. The summed E-state index contributed by atoms with van der Waals surface area (Å²) in [4.78, 5) is 22.8. The Hall–Kier alpha value is -1.88. The molecular formula is C11H12N2O3. The van der Waals surface area contributed by atoms with E-state index in [-0.39, 0.29) is 12.3 Å². The van der Waals surface area contributed by atoms with Crippen molar-refractivity contribution < 1.29 is 9.21 Å². The lowest BCUT2D eigenvalue weighted by Gasteiger charge is -1.99. The average Bonchev–Trinajstić information content (AvgIpc) is 2.55. The molecule has 0 amide bonds. The third-order valence-corrected chi connectivity index (χ3v) is 2.45. The van der Waals surface area contributed by atoms with Crippen molar-refractivity contribution in [1.29, 1.82) is 0 Å². The van der Waals surface area contributed by atoms with Crippen LogP contribution in [0.4, 0.5) is 0 Å². The van der Waals surface area contributed by atoms with Gasteiger partial charge in [-0.25, -0.2) is 4.79 Å². The molecule has 1 aromatic heterocycles. The molecule has 0 fully saturated rings. The van der Waals surface area contributed by atoms with E-state index in [4.69, 9.17) is 4.42 Å². The van der Waals surface area contributed by atoms with Crippen molar-refractivity contribution >= 4 is 16.9 Å². The normalized spacial score (nSPS) is 10.9. The summed E-state index contributed by atoms with van der Waals surface area (Å²) in [5, 5.41) is 2.78. The van der Waals surface area contributed by atoms with Gasteiger partial charge < -0.3 is 9.73 Å². The molecule has 1 N–H and O–H groups in total. The van der Waals surface area contributed by atoms with Crippen molar-refractivity contribution in [2.45, 2.75) is 0 Å². The summed E-state index contributed by atoms with van der Waals surface area (Å²) in [6, 6.07) is 5.00. The van der Waals surface area contributed by atoms with Gasteiger partial charge in [0.1, 0.15) is 0 Å². The summed E-state index contributed by atoms with van der Waals surface area (Å²) in [6.07, 6.45) is 0. The van der Waals surface area contributed by atoms with Gasteiger partial charge in [0.15, 0.2) is 11.4 Å². The zero-order chi connectivity index (χ0) is 11.7. The van der Waals surface area contributed by atoms with Crippen molar-refractivity contribution in [2.75, 3.05) is 13.6 Å². The van der Waals surface area contributed by atoms with Crippen LogP contribution in [0.15, 0.2) is 27.4 Å². The van der Waals surface area contributed by atoms with Crippen LogP contribution in [0.3, 0.4) is 0 Å². The maximum atomic E-state index is 11.6. The molecule has 0 spiro atoms. The first kappa shape index (κ1) is 10.6. The first-order chi connectivity index (χ1) is 7.63. The number of carbonyl (C=O) groups excluding carboxylic acids is 1. The van der Waals surface area contributed by atoms with Crippen LogP contribution in [-0.2, 0) is 7.05 Å². The minimum atomic E-state index is -0.423. The molecule has 2 rings (SSSR count). The van der Waals surface area contributed by atoms with Crippen LogP contribution in [0.5, 0.6) is 0 Å². The minimum Gasteiger partial charge on any atom is -0.408 e. The fourth-order valence-electron chi connectivity index (χ4n) is 1.57. The van der Waals surface area contributed by atoms with Gasteiger partial charge in [-0.15, -0.1) is 0 Å². The number of hydrogen-bond acceptors (Lipinski definition) is 4. The highest BCUT2D eigenvalue weighted by Crippen LogP contribution is 2.14. The SMILES string of the molecule is CNCC(=O)c1ccc2c(c1)oc(=O)n2C. The zero-order valence-corrected chi connectivity index (χ0v) is 9.11. The van der Waals surface area contributed by atoms with Crippen LogP contribution >= 0.6 is 0 Å². The predicted molar refractivity (Wildman–Crippen MR) is 59.7 cm³/mol. The van der Waals surface area contributed by atoms with Crippen LogP contribution in [0.2, 0.25) is 0 Å². The number of hydrogen-bond donors (Lipinski definition) is 1. The van der Waals surface area contributed by atoms with E-state index in [0.29, 0.717) is 16.7 Å². The molecule has 0 saturated heterocycles. The molecule has 16 heavy (non-hydrogen) atoms. The second kappa shape index (κ2) is 3.94. The summed E-state index contributed by atoms with van der Waals surface area (Å²) in [5.41, 5.74) is 1.66. The van der Waals surface area contributed by atoms with Gasteiger partial charge in [0.05, 0.1) is 12.1 Å². The van der Waals surface area contributed by atoms with E-state index in [1.165, 1.54) is 4.57 Å². The molecule has 0 saturated carbocycles. The highest BCUT2D eigenvalue weighted by atomic mass is 16.4. The van der Waals surface area contributed by atoms with Crippen molar-refractivity contribution in [3.05, 3.63) is 34.3 Å². The maximum absolute atomic E-state index is 11.6. The fourth-order valence-corrected chi connectivity index (χ4v) is 1.57. The molecule has 0 aliphatic heterocycles. The predicted octanol–water partition coefficient (Wildman–Crippen LogP) is 0.534. The number of ketones is 1. The van der Waals surface area contributed by atoms with Crippen LogP contribution in [0.25, 0.3) is 11.1 Å². The largest absolute Gasteiger partial charge is 0.419 e. The second-order valence-corrected chi connectivity index (χ2v) is 3.56. The number of aryl methyl sites for hydroxylation is 1. The van der Waals surface area contributed by atoms with E-state index in [9.17, 15) is 9.59 Å². The van der Waals surface area contributed by atoms with E-state index >= 15 is 0 Å². The highest BCUT2D eigenvalue weighted by Gasteiger charge is 2.10. The number of aromatic nitrogens is 1. The van der Waals surface area contributed by atoms with Crippen molar-refractivity contribution in [1.82, 2.24) is 9.88 Å². The average molecular weight is 220 g/mol. The Morgan fingerprint density at radius 2 is 2.25 bits per heavy atom. The topological polar surface area (TPSA) is 64.2 Å². The van der Waals surface area contributed by atoms with E-state index < -0.39 is 5.76 Å². The van der Waals surface area contributed by atoms with Gasteiger partial charge in [0.25, 0.3) is 0 Å². The van der Waals surface area contributed by atoms with Gasteiger partial charge in [0, 0.05) is 12.6 Å². The zero-order valence-electron chi connectivity index (χ0n) is 9.11. The summed E-state index contributed by atoms with van der Waals surface area (Å²) >= 11 is 0. The van der Waals surface area contributed by atoms with Crippen LogP contribution in [0, 0.1) is 0 Å². The molecule has 0 aliphatic rings. The maximum Gasteiger partial charge on any atom is 0.419 e. The van der Waals surface area contributed by atoms with Gasteiger partial charge in [-0.05, 0) is 25.2 Å². The Labute approximate surface area is 91.7 Å². The van der Waals surface area contributed by atoms with Crippen LogP contribution in [-0.4, -0.2) is 23.9 Å². The standard InChI is InChI=1S/C11H12N2O3/c1-12-6-9(14)7-3-4-8-10(5-7)16-11(15)13(8)2/h3-5,12H,6H2,1-2H3. The Kier molecular flexibility index (Phi) is 2.62. The third-order valence-electron chi connectivity index (χ3n) is 2.45. The Morgan fingerprint density at radius 1 is 1.50 bits per heavy atom. The molecule has 0 bridgehead atoms. The molecule has 0 aliphatic carbocycles. The lowest BCUT2D eigenvalue weighted by atomic mass is 10.1. The number of Topliss-reactive ketones (excluding diaryl/α,β-unsaturated/α-hetero) is 1.